The Labute approximate surface area is 62.1 Å². The van der Waals surface area contributed by atoms with Gasteiger partial charge in [0, 0.05) is 5.92 Å². The van der Waals surface area contributed by atoms with Crippen LogP contribution in [0.1, 0.15) is 26.7 Å². The van der Waals surface area contributed by atoms with E-state index in [9.17, 15) is 4.79 Å². The molecule has 56 valence electrons. The summed E-state index contributed by atoms with van der Waals surface area (Å²) in [6.45, 7) is 4.30. The Morgan fingerprint density at radius 3 is 2.70 bits per heavy atom. The Hall–Kier alpha value is -0.590. The molecule has 0 aromatic carbocycles. The number of hydrogen-bond donors (Lipinski definition) is 0. The fraction of sp³-hybridized carbons (Fsp3) is 0.667. The summed E-state index contributed by atoms with van der Waals surface area (Å²) in [6.07, 6.45) is 7.43. The van der Waals surface area contributed by atoms with Crippen LogP contribution in [0.25, 0.3) is 0 Å². The fourth-order valence-corrected chi connectivity index (χ4v) is 1.35. The van der Waals surface area contributed by atoms with E-state index in [0.29, 0.717) is 0 Å². The van der Waals surface area contributed by atoms with Gasteiger partial charge < -0.3 is 4.79 Å². The molecule has 0 saturated heterocycles. The topological polar surface area (TPSA) is 17.1 Å². The summed E-state index contributed by atoms with van der Waals surface area (Å²) in [5.74, 6) is 0.140. The van der Waals surface area contributed by atoms with Crippen LogP contribution in [-0.4, -0.2) is 6.29 Å². The quantitative estimate of drug-likeness (QED) is 0.401. The Bertz CT molecular complexity index is 156. The first kappa shape index (κ1) is 7.52. The van der Waals surface area contributed by atoms with Crippen LogP contribution in [0.3, 0.4) is 0 Å². The van der Waals surface area contributed by atoms with Crippen LogP contribution in [0, 0.1) is 11.3 Å². The first-order chi connectivity index (χ1) is 4.67. The minimum atomic E-state index is 0.140. The molecule has 10 heavy (non-hydrogen) atoms. The molecule has 1 aliphatic rings. The molecule has 1 nitrogen and oxygen atoms in total. The van der Waals surface area contributed by atoms with Crippen molar-refractivity contribution in [3.63, 3.8) is 0 Å². The molecule has 0 aliphatic heterocycles. The Balaban J connectivity index is 2.75. The summed E-state index contributed by atoms with van der Waals surface area (Å²) in [5, 5.41) is 0. The minimum Gasteiger partial charge on any atom is -0.303 e. The number of allylic oxidation sites excluding steroid dienone is 2. The molecule has 0 spiro atoms. The molecule has 0 fully saturated rings. The number of rotatable bonds is 1. The van der Waals surface area contributed by atoms with Crippen molar-refractivity contribution in [2.75, 3.05) is 0 Å². The number of carbonyl (C=O) groups is 1. The second kappa shape index (κ2) is 2.57. The van der Waals surface area contributed by atoms with E-state index >= 15 is 0 Å². The lowest BCUT2D eigenvalue weighted by Gasteiger charge is -2.31. The monoisotopic (exact) mass is 138 g/mol. The van der Waals surface area contributed by atoms with Crippen LogP contribution in [0.2, 0.25) is 0 Å². The maximum absolute atomic E-state index is 10.5. The molecule has 0 saturated carbocycles. The molecule has 0 radical (unpaired) electrons. The van der Waals surface area contributed by atoms with Crippen LogP contribution in [0.5, 0.6) is 0 Å². The summed E-state index contributed by atoms with van der Waals surface area (Å²) in [4.78, 5) is 10.5. The van der Waals surface area contributed by atoms with Crippen molar-refractivity contribution in [3.05, 3.63) is 12.2 Å². The third-order valence-electron chi connectivity index (χ3n) is 2.35. The van der Waals surface area contributed by atoms with Crippen LogP contribution < -0.4 is 0 Å². The molecule has 1 atom stereocenters. The van der Waals surface area contributed by atoms with E-state index in [-0.39, 0.29) is 11.3 Å². The van der Waals surface area contributed by atoms with Gasteiger partial charge in [-0.15, -0.1) is 0 Å². The van der Waals surface area contributed by atoms with Crippen molar-refractivity contribution in [1.82, 2.24) is 0 Å². The maximum Gasteiger partial charge on any atom is 0.127 e. The van der Waals surface area contributed by atoms with Gasteiger partial charge in [-0.05, 0) is 18.3 Å². The molecular formula is C9H14O. The van der Waals surface area contributed by atoms with Crippen molar-refractivity contribution in [2.24, 2.45) is 11.3 Å². The normalized spacial score (nSPS) is 30.0. The summed E-state index contributed by atoms with van der Waals surface area (Å²) in [6, 6.07) is 0. The van der Waals surface area contributed by atoms with Gasteiger partial charge in [-0.3, -0.25) is 0 Å². The Morgan fingerprint density at radius 2 is 2.30 bits per heavy atom. The van der Waals surface area contributed by atoms with Gasteiger partial charge in [-0.25, -0.2) is 0 Å². The van der Waals surface area contributed by atoms with E-state index in [4.69, 9.17) is 0 Å². The molecule has 0 bridgehead atoms. The van der Waals surface area contributed by atoms with Gasteiger partial charge in [0.05, 0.1) is 0 Å². The largest absolute Gasteiger partial charge is 0.303 e. The van der Waals surface area contributed by atoms with Gasteiger partial charge in [-0.2, -0.15) is 0 Å². The molecule has 0 N–H and O–H groups in total. The number of hydrogen-bond acceptors (Lipinski definition) is 1. The first-order valence-electron chi connectivity index (χ1n) is 3.79. The zero-order chi connectivity index (χ0) is 7.61. The fourth-order valence-electron chi connectivity index (χ4n) is 1.35. The zero-order valence-electron chi connectivity index (χ0n) is 6.63. The van der Waals surface area contributed by atoms with E-state index < -0.39 is 0 Å². The van der Waals surface area contributed by atoms with E-state index in [0.717, 1.165) is 19.1 Å². The molecule has 0 aromatic heterocycles. The lowest BCUT2D eigenvalue weighted by atomic mass is 9.73. The second-order valence-electron chi connectivity index (χ2n) is 3.62. The molecule has 1 rings (SSSR count). The molecule has 1 aliphatic carbocycles. The third-order valence-corrected chi connectivity index (χ3v) is 2.35. The van der Waals surface area contributed by atoms with Gasteiger partial charge in [-0.1, -0.05) is 26.0 Å². The van der Waals surface area contributed by atoms with Crippen LogP contribution in [0.15, 0.2) is 12.2 Å². The van der Waals surface area contributed by atoms with Crippen LogP contribution >= 0.6 is 0 Å². The van der Waals surface area contributed by atoms with Crippen molar-refractivity contribution in [2.45, 2.75) is 26.7 Å². The summed E-state index contributed by atoms with van der Waals surface area (Å²) in [7, 11) is 0. The predicted molar refractivity (Wildman–Crippen MR) is 41.7 cm³/mol. The standard InChI is InChI=1S/C9H14O/c1-9(2)6-4-3-5-8(9)7-10/h3,5,7-8H,4,6H2,1-2H3/t8-/m1/s1. The van der Waals surface area contributed by atoms with Gasteiger partial charge >= 0.3 is 0 Å². The zero-order valence-corrected chi connectivity index (χ0v) is 6.63. The van der Waals surface area contributed by atoms with Crippen LogP contribution in [-0.2, 0) is 4.79 Å². The molecule has 0 unspecified atom stereocenters. The van der Waals surface area contributed by atoms with Gasteiger partial charge in [0.15, 0.2) is 0 Å². The summed E-state index contributed by atoms with van der Waals surface area (Å²) >= 11 is 0. The van der Waals surface area contributed by atoms with Crippen molar-refractivity contribution < 1.29 is 4.79 Å². The highest BCUT2D eigenvalue weighted by Crippen LogP contribution is 2.35. The molecule has 1 heteroatoms. The average molecular weight is 138 g/mol. The highest BCUT2D eigenvalue weighted by Gasteiger charge is 2.28. The van der Waals surface area contributed by atoms with E-state index in [1.165, 1.54) is 0 Å². The van der Waals surface area contributed by atoms with Crippen molar-refractivity contribution in [3.8, 4) is 0 Å². The molecule has 0 heterocycles. The SMILES string of the molecule is CC1(C)CCC=C[C@@H]1C=O. The Morgan fingerprint density at radius 1 is 1.60 bits per heavy atom. The number of carbonyl (C=O) groups excluding carboxylic acids is 1. The summed E-state index contributed by atoms with van der Waals surface area (Å²) < 4.78 is 0. The van der Waals surface area contributed by atoms with E-state index in [1.807, 2.05) is 6.08 Å². The highest BCUT2D eigenvalue weighted by molar-refractivity contribution is 5.58. The Kier molecular flexibility index (Phi) is 1.93. The van der Waals surface area contributed by atoms with E-state index in [1.54, 1.807) is 0 Å². The smallest absolute Gasteiger partial charge is 0.127 e. The average Bonchev–Trinajstić information content (AvgIpc) is 1.87. The number of aldehydes is 1. The van der Waals surface area contributed by atoms with Crippen molar-refractivity contribution >= 4 is 6.29 Å². The van der Waals surface area contributed by atoms with Crippen molar-refractivity contribution in [1.29, 1.82) is 0 Å². The van der Waals surface area contributed by atoms with Gasteiger partial charge in [0.25, 0.3) is 0 Å². The lowest BCUT2D eigenvalue weighted by Crippen LogP contribution is -2.25. The highest BCUT2D eigenvalue weighted by atomic mass is 16.1. The minimum absolute atomic E-state index is 0.140. The maximum atomic E-state index is 10.5. The lowest BCUT2D eigenvalue weighted by molar-refractivity contribution is -0.112. The molecule has 0 aromatic rings. The second-order valence-corrected chi connectivity index (χ2v) is 3.62. The van der Waals surface area contributed by atoms with Gasteiger partial charge in [0.2, 0.25) is 0 Å². The third kappa shape index (κ3) is 1.28. The van der Waals surface area contributed by atoms with E-state index in [2.05, 4.69) is 19.9 Å². The summed E-state index contributed by atoms with van der Waals surface area (Å²) in [5.41, 5.74) is 0.191. The van der Waals surface area contributed by atoms with Gasteiger partial charge in [0.1, 0.15) is 6.29 Å². The molecule has 0 amide bonds. The van der Waals surface area contributed by atoms with Crippen LogP contribution in [0.4, 0.5) is 0 Å². The predicted octanol–water partition coefficient (Wildman–Crippen LogP) is 2.18. The molecular weight excluding hydrogens is 124 g/mol. The first-order valence-corrected chi connectivity index (χ1v) is 3.79.